The number of ether oxygens (including phenoxy) is 1. The summed E-state index contributed by atoms with van der Waals surface area (Å²) in [5, 5.41) is 0. The summed E-state index contributed by atoms with van der Waals surface area (Å²) in [5.41, 5.74) is 7.50. The fourth-order valence-electron chi connectivity index (χ4n) is 1.64. The van der Waals surface area contributed by atoms with Gasteiger partial charge in [-0.2, -0.15) is 0 Å². The molecule has 88 valence electrons. The Kier molecular flexibility index (Phi) is 3.28. The van der Waals surface area contributed by atoms with Crippen LogP contribution in [0.4, 0.5) is 5.69 Å². The van der Waals surface area contributed by atoms with Crippen LogP contribution in [-0.2, 0) is 0 Å². The van der Waals surface area contributed by atoms with Crippen LogP contribution in [-0.4, -0.2) is 4.98 Å². The maximum atomic E-state index is 5.81. The Hall–Kier alpha value is -2.03. The Morgan fingerprint density at radius 3 is 2.59 bits per heavy atom. The predicted molar refractivity (Wildman–Crippen MR) is 69.3 cm³/mol. The average Bonchev–Trinajstić information content (AvgIpc) is 2.32. The number of para-hydroxylation sites is 1. The van der Waals surface area contributed by atoms with Crippen LogP contribution in [0.1, 0.15) is 25.3 Å². The first kappa shape index (κ1) is 11.5. The van der Waals surface area contributed by atoms with E-state index in [2.05, 4.69) is 24.9 Å². The number of nitrogens with two attached hydrogens (primary N) is 1. The van der Waals surface area contributed by atoms with E-state index in [0.717, 1.165) is 11.3 Å². The van der Waals surface area contributed by atoms with Crippen molar-refractivity contribution in [2.75, 3.05) is 5.73 Å². The largest absolute Gasteiger partial charge is 0.437 e. The van der Waals surface area contributed by atoms with E-state index in [9.17, 15) is 0 Å². The summed E-state index contributed by atoms with van der Waals surface area (Å²) >= 11 is 0. The van der Waals surface area contributed by atoms with Gasteiger partial charge in [0.1, 0.15) is 5.75 Å². The number of benzene rings is 1. The fourth-order valence-corrected chi connectivity index (χ4v) is 1.64. The average molecular weight is 228 g/mol. The van der Waals surface area contributed by atoms with Crippen molar-refractivity contribution in [1.29, 1.82) is 0 Å². The molecule has 0 saturated carbocycles. The summed E-state index contributed by atoms with van der Waals surface area (Å²) in [4.78, 5) is 4.13. The SMILES string of the molecule is CC(C)c1ccccc1Oc1ncccc1N. The van der Waals surface area contributed by atoms with Gasteiger partial charge >= 0.3 is 0 Å². The molecule has 1 aromatic heterocycles. The highest BCUT2D eigenvalue weighted by Gasteiger charge is 2.09. The van der Waals surface area contributed by atoms with Crippen molar-refractivity contribution in [1.82, 2.24) is 4.98 Å². The summed E-state index contributed by atoms with van der Waals surface area (Å²) in [6.45, 7) is 4.26. The third-order valence-electron chi connectivity index (χ3n) is 2.55. The molecule has 0 aliphatic heterocycles. The molecule has 17 heavy (non-hydrogen) atoms. The van der Waals surface area contributed by atoms with Gasteiger partial charge in [-0.25, -0.2) is 4.98 Å². The van der Waals surface area contributed by atoms with Gasteiger partial charge < -0.3 is 10.5 Å². The van der Waals surface area contributed by atoms with Crippen LogP contribution < -0.4 is 10.5 Å². The van der Waals surface area contributed by atoms with Crippen molar-refractivity contribution < 1.29 is 4.74 Å². The van der Waals surface area contributed by atoms with Crippen LogP contribution in [0, 0.1) is 0 Å². The molecular weight excluding hydrogens is 212 g/mol. The van der Waals surface area contributed by atoms with Gasteiger partial charge in [-0.05, 0) is 29.7 Å². The van der Waals surface area contributed by atoms with E-state index in [-0.39, 0.29) is 0 Å². The highest BCUT2D eigenvalue weighted by atomic mass is 16.5. The van der Waals surface area contributed by atoms with E-state index < -0.39 is 0 Å². The lowest BCUT2D eigenvalue weighted by Gasteiger charge is -2.13. The van der Waals surface area contributed by atoms with Gasteiger partial charge in [0.2, 0.25) is 5.88 Å². The monoisotopic (exact) mass is 228 g/mol. The predicted octanol–water partition coefficient (Wildman–Crippen LogP) is 3.58. The third-order valence-corrected chi connectivity index (χ3v) is 2.55. The number of nitrogen functional groups attached to an aromatic ring is 1. The van der Waals surface area contributed by atoms with Crippen molar-refractivity contribution in [3.05, 3.63) is 48.2 Å². The van der Waals surface area contributed by atoms with Crippen LogP contribution in [0.2, 0.25) is 0 Å². The number of hydrogen-bond acceptors (Lipinski definition) is 3. The Morgan fingerprint density at radius 2 is 1.88 bits per heavy atom. The fraction of sp³-hybridized carbons (Fsp3) is 0.214. The van der Waals surface area contributed by atoms with Crippen LogP contribution in [0.5, 0.6) is 11.6 Å². The first-order valence-corrected chi connectivity index (χ1v) is 5.65. The van der Waals surface area contributed by atoms with Gasteiger partial charge in [-0.1, -0.05) is 32.0 Å². The molecule has 3 nitrogen and oxygen atoms in total. The topological polar surface area (TPSA) is 48.1 Å². The van der Waals surface area contributed by atoms with Crippen molar-refractivity contribution >= 4 is 5.69 Å². The highest BCUT2D eigenvalue weighted by Crippen LogP contribution is 2.31. The number of hydrogen-bond donors (Lipinski definition) is 1. The molecule has 1 aromatic carbocycles. The maximum absolute atomic E-state index is 5.81. The molecule has 2 aromatic rings. The first-order chi connectivity index (χ1) is 8.18. The van der Waals surface area contributed by atoms with E-state index in [4.69, 9.17) is 10.5 Å². The standard InChI is InChI=1S/C14H16N2O/c1-10(2)11-6-3-4-8-13(11)17-14-12(15)7-5-9-16-14/h3-10H,15H2,1-2H3. The molecule has 0 aliphatic carbocycles. The molecule has 0 unspecified atom stereocenters. The van der Waals surface area contributed by atoms with Crippen LogP contribution >= 0.6 is 0 Å². The zero-order chi connectivity index (χ0) is 12.3. The first-order valence-electron chi connectivity index (χ1n) is 5.65. The molecule has 1 heterocycles. The van der Waals surface area contributed by atoms with Gasteiger partial charge in [0.25, 0.3) is 0 Å². The molecule has 0 atom stereocenters. The zero-order valence-electron chi connectivity index (χ0n) is 10.1. The minimum absolute atomic E-state index is 0.399. The molecule has 2 rings (SSSR count). The van der Waals surface area contributed by atoms with E-state index in [0.29, 0.717) is 17.5 Å². The smallest absolute Gasteiger partial charge is 0.242 e. The van der Waals surface area contributed by atoms with Crippen LogP contribution in [0.15, 0.2) is 42.6 Å². The van der Waals surface area contributed by atoms with E-state index >= 15 is 0 Å². The van der Waals surface area contributed by atoms with Gasteiger partial charge in [0, 0.05) is 6.20 Å². The summed E-state index contributed by atoms with van der Waals surface area (Å²) in [7, 11) is 0. The molecule has 0 bridgehead atoms. The van der Waals surface area contributed by atoms with E-state index in [1.165, 1.54) is 0 Å². The molecular formula is C14H16N2O. The zero-order valence-corrected chi connectivity index (χ0v) is 10.1. The van der Waals surface area contributed by atoms with Crippen LogP contribution in [0.3, 0.4) is 0 Å². The second-order valence-electron chi connectivity index (χ2n) is 4.19. The van der Waals surface area contributed by atoms with Crippen molar-refractivity contribution in [2.45, 2.75) is 19.8 Å². The molecule has 3 heteroatoms. The molecule has 0 fully saturated rings. The number of aromatic nitrogens is 1. The summed E-state index contributed by atoms with van der Waals surface area (Å²) in [6.07, 6.45) is 1.67. The highest BCUT2D eigenvalue weighted by molar-refractivity contribution is 5.50. The second-order valence-corrected chi connectivity index (χ2v) is 4.19. The molecule has 0 aliphatic rings. The molecule has 0 amide bonds. The van der Waals surface area contributed by atoms with Gasteiger partial charge in [0.05, 0.1) is 5.69 Å². The van der Waals surface area contributed by atoms with Gasteiger partial charge in [-0.3, -0.25) is 0 Å². The minimum atomic E-state index is 0.399. The van der Waals surface area contributed by atoms with Gasteiger partial charge in [0.15, 0.2) is 0 Å². The van der Waals surface area contributed by atoms with Crippen molar-refractivity contribution in [3.63, 3.8) is 0 Å². The third kappa shape index (κ3) is 2.56. The number of rotatable bonds is 3. The lowest BCUT2D eigenvalue weighted by atomic mass is 10.0. The van der Waals surface area contributed by atoms with Crippen molar-refractivity contribution in [3.8, 4) is 11.6 Å². The minimum Gasteiger partial charge on any atom is -0.437 e. The lowest BCUT2D eigenvalue weighted by Crippen LogP contribution is -1.97. The van der Waals surface area contributed by atoms with Crippen LogP contribution in [0.25, 0.3) is 0 Å². The normalized spacial score (nSPS) is 10.5. The Morgan fingerprint density at radius 1 is 1.12 bits per heavy atom. The van der Waals surface area contributed by atoms with Crippen molar-refractivity contribution in [2.24, 2.45) is 0 Å². The second kappa shape index (κ2) is 4.87. The molecule has 0 radical (unpaired) electrons. The molecule has 0 saturated heterocycles. The van der Waals surface area contributed by atoms with E-state index in [1.807, 2.05) is 18.2 Å². The lowest BCUT2D eigenvalue weighted by molar-refractivity contribution is 0.457. The maximum Gasteiger partial charge on any atom is 0.242 e. The quantitative estimate of drug-likeness (QED) is 0.873. The number of nitrogens with zero attached hydrogens (tertiary/aromatic N) is 1. The molecule has 0 spiro atoms. The number of pyridine rings is 1. The summed E-state index contributed by atoms with van der Waals surface area (Å²) in [5.74, 6) is 1.67. The number of anilines is 1. The summed E-state index contributed by atoms with van der Waals surface area (Å²) in [6, 6.07) is 11.5. The van der Waals surface area contributed by atoms with Gasteiger partial charge in [-0.15, -0.1) is 0 Å². The molecule has 2 N–H and O–H groups in total. The Balaban J connectivity index is 2.34. The Bertz CT molecular complexity index is 509. The summed E-state index contributed by atoms with van der Waals surface area (Å²) < 4.78 is 5.77. The van der Waals surface area contributed by atoms with E-state index in [1.54, 1.807) is 18.3 Å². The Labute approximate surface area is 101 Å².